The molecule has 4 rings (SSSR count). The molecule has 1 N–H and O–H groups in total. The van der Waals surface area contributed by atoms with Crippen molar-refractivity contribution in [3.63, 3.8) is 0 Å². The van der Waals surface area contributed by atoms with Crippen LogP contribution in [-0.2, 0) is 4.74 Å². The molecule has 2 heterocycles. The fourth-order valence-corrected chi connectivity index (χ4v) is 4.08. The Balaban J connectivity index is 1.31. The monoisotopic (exact) mass is 345 g/mol. The Labute approximate surface area is 147 Å². The lowest BCUT2D eigenvalue weighted by Gasteiger charge is -2.23. The van der Waals surface area contributed by atoms with Gasteiger partial charge < -0.3 is 14.6 Å². The number of rotatable bonds is 5. The molecule has 0 amide bonds. The first-order valence-corrected chi connectivity index (χ1v) is 9.13. The Morgan fingerprint density at radius 3 is 2.76 bits per heavy atom. The average molecular weight is 345 g/mol. The van der Waals surface area contributed by atoms with Crippen LogP contribution in [0.3, 0.4) is 0 Å². The molecule has 0 bridgehead atoms. The lowest BCUT2D eigenvalue weighted by atomic mass is 9.94. The largest absolute Gasteiger partial charge is 0.364 e. The highest BCUT2D eigenvalue weighted by atomic mass is 19.1. The first-order valence-electron chi connectivity index (χ1n) is 9.13. The molecule has 0 spiro atoms. The van der Waals surface area contributed by atoms with E-state index in [2.05, 4.69) is 15.5 Å². The van der Waals surface area contributed by atoms with Crippen molar-refractivity contribution < 1.29 is 13.7 Å². The summed E-state index contributed by atoms with van der Waals surface area (Å²) < 4.78 is 24.4. The van der Waals surface area contributed by atoms with Gasteiger partial charge in [-0.3, -0.25) is 0 Å². The normalized spacial score (nSPS) is 29.4. The summed E-state index contributed by atoms with van der Waals surface area (Å²) in [7, 11) is 0. The molecule has 1 aliphatic carbocycles. The summed E-state index contributed by atoms with van der Waals surface area (Å²) in [5, 5.41) is 7.52. The number of aromatic nitrogens is 2. The van der Waals surface area contributed by atoms with Crippen LogP contribution in [0.2, 0.25) is 0 Å². The number of hydrogen-bond acceptors (Lipinski definition) is 5. The molecule has 25 heavy (non-hydrogen) atoms. The van der Waals surface area contributed by atoms with Crippen LogP contribution in [0.4, 0.5) is 4.39 Å². The molecule has 4 atom stereocenters. The van der Waals surface area contributed by atoms with E-state index in [0.29, 0.717) is 23.7 Å². The molecular formula is C19H24FN3O2. The van der Waals surface area contributed by atoms with E-state index < -0.39 is 0 Å². The van der Waals surface area contributed by atoms with Crippen LogP contribution in [0.15, 0.2) is 28.8 Å². The molecule has 2 aromatic rings. The van der Waals surface area contributed by atoms with Gasteiger partial charge >= 0.3 is 0 Å². The smallest absolute Gasteiger partial charge is 0.255 e. The average Bonchev–Trinajstić information content (AvgIpc) is 3.33. The number of ether oxygens (including phenoxy) is 1. The predicted octanol–water partition coefficient (Wildman–Crippen LogP) is 3.66. The van der Waals surface area contributed by atoms with Gasteiger partial charge in [-0.05, 0) is 56.2 Å². The Hall–Kier alpha value is -1.79. The lowest BCUT2D eigenvalue weighted by Crippen LogP contribution is -2.37. The molecule has 6 heteroatoms. The number of benzene rings is 1. The molecular weight excluding hydrogens is 321 g/mol. The van der Waals surface area contributed by atoms with Gasteiger partial charge in [0.1, 0.15) is 11.9 Å². The van der Waals surface area contributed by atoms with Crippen molar-refractivity contribution in [2.24, 2.45) is 0 Å². The minimum atomic E-state index is -0.173. The van der Waals surface area contributed by atoms with Crippen LogP contribution < -0.4 is 5.32 Å². The standard InChI is InChI=1S/C19H24FN3O2/c1-12-22-19(25-23-12)18-10-9-15(24-18)11-21-17-4-2-3-16(17)13-5-7-14(20)8-6-13/h5-8,15-18,21H,2-4,9-11H2,1H3/t15-,16+,17+,18+/m1/s1. The highest BCUT2D eigenvalue weighted by molar-refractivity contribution is 5.23. The van der Waals surface area contributed by atoms with Crippen LogP contribution in [0, 0.1) is 12.7 Å². The second-order valence-electron chi connectivity index (χ2n) is 7.11. The summed E-state index contributed by atoms with van der Waals surface area (Å²) in [4.78, 5) is 4.27. The molecule has 1 aromatic carbocycles. The molecule has 1 aromatic heterocycles. The molecule has 5 nitrogen and oxygen atoms in total. The van der Waals surface area contributed by atoms with Crippen molar-refractivity contribution in [2.45, 2.75) is 63.2 Å². The van der Waals surface area contributed by atoms with E-state index in [-0.39, 0.29) is 18.0 Å². The van der Waals surface area contributed by atoms with Crippen molar-refractivity contribution in [2.75, 3.05) is 6.54 Å². The third-order valence-electron chi connectivity index (χ3n) is 5.35. The van der Waals surface area contributed by atoms with E-state index in [0.717, 1.165) is 32.2 Å². The lowest BCUT2D eigenvalue weighted by molar-refractivity contribution is 0.0251. The van der Waals surface area contributed by atoms with Crippen LogP contribution in [-0.4, -0.2) is 28.8 Å². The number of nitrogens with one attached hydrogen (secondary N) is 1. The number of halogens is 1. The van der Waals surface area contributed by atoms with Crippen molar-refractivity contribution in [1.29, 1.82) is 0 Å². The third-order valence-corrected chi connectivity index (χ3v) is 5.35. The van der Waals surface area contributed by atoms with Crippen LogP contribution >= 0.6 is 0 Å². The predicted molar refractivity (Wildman–Crippen MR) is 90.7 cm³/mol. The Morgan fingerprint density at radius 2 is 2.00 bits per heavy atom. The SMILES string of the molecule is Cc1noc([C@@H]2CC[C@H](CN[C@H]3CCC[C@H]3c3ccc(F)cc3)O2)n1. The first-order chi connectivity index (χ1) is 12.2. The van der Waals surface area contributed by atoms with Crippen LogP contribution in [0.1, 0.15) is 61.4 Å². The topological polar surface area (TPSA) is 60.2 Å². The van der Waals surface area contributed by atoms with Gasteiger partial charge in [0.05, 0.1) is 6.10 Å². The third kappa shape index (κ3) is 3.75. The fraction of sp³-hybridized carbons (Fsp3) is 0.579. The molecule has 1 aliphatic heterocycles. The van der Waals surface area contributed by atoms with Gasteiger partial charge in [0.2, 0.25) is 0 Å². The molecule has 1 saturated carbocycles. The molecule has 0 unspecified atom stereocenters. The van der Waals surface area contributed by atoms with Gasteiger partial charge in [0, 0.05) is 12.6 Å². The number of hydrogen-bond donors (Lipinski definition) is 1. The minimum absolute atomic E-state index is 0.0792. The van der Waals surface area contributed by atoms with Gasteiger partial charge in [-0.1, -0.05) is 23.7 Å². The maximum absolute atomic E-state index is 13.2. The zero-order chi connectivity index (χ0) is 17.2. The first kappa shape index (κ1) is 16.7. The van der Waals surface area contributed by atoms with Crippen molar-refractivity contribution >= 4 is 0 Å². The second kappa shape index (κ2) is 7.22. The molecule has 2 fully saturated rings. The van der Waals surface area contributed by atoms with E-state index in [1.54, 1.807) is 12.1 Å². The maximum atomic E-state index is 13.2. The van der Waals surface area contributed by atoms with E-state index in [9.17, 15) is 4.39 Å². The van der Waals surface area contributed by atoms with Crippen molar-refractivity contribution in [3.8, 4) is 0 Å². The zero-order valence-electron chi connectivity index (χ0n) is 14.5. The highest BCUT2D eigenvalue weighted by Gasteiger charge is 2.33. The summed E-state index contributed by atoms with van der Waals surface area (Å²) in [6, 6.07) is 7.38. The summed E-state index contributed by atoms with van der Waals surface area (Å²) in [6.45, 7) is 2.64. The van der Waals surface area contributed by atoms with Gasteiger partial charge in [-0.25, -0.2) is 4.39 Å². The summed E-state index contributed by atoms with van der Waals surface area (Å²) in [5.74, 6) is 1.52. The fourth-order valence-electron chi connectivity index (χ4n) is 4.08. The Bertz CT molecular complexity index is 703. The van der Waals surface area contributed by atoms with Crippen molar-refractivity contribution in [1.82, 2.24) is 15.5 Å². The molecule has 2 aliphatic rings. The minimum Gasteiger partial charge on any atom is -0.364 e. The molecule has 1 saturated heterocycles. The van der Waals surface area contributed by atoms with E-state index >= 15 is 0 Å². The van der Waals surface area contributed by atoms with Gasteiger partial charge in [-0.2, -0.15) is 4.98 Å². The van der Waals surface area contributed by atoms with Crippen LogP contribution in [0.25, 0.3) is 0 Å². The molecule has 0 radical (unpaired) electrons. The van der Waals surface area contributed by atoms with Gasteiger partial charge in [-0.15, -0.1) is 0 Å². The Kier molecular flexibility index (Phi) is 4.81. The number of aryl methyl sites for hydroxylation is 1. The summed E-state index contributed by atoms with van der Waals surface area (Å²) in [6.07, 6.45) is 5.51. The van der Waals surface area contributed by atoms with E-state index in [4.69, 9.17) is 9.26 Å². The van der Waals surface area contributed by atoms with E-state index in [1.165, 1.54) is 12.0 Å². The van der Waals surface area contributed by atoms with Crippen molar-refractivity contribution in [3.05, 3.63) is 47.4 Å². The van der Waals surface area contributed by atoms with Gasteiger partial charge in [0.15, 0.2) is 5.82 Å². The van der Waals surface area contributed by atoms with E-state index in [1.807, 2.05) is 19.1 Å². The zero-order valence-corrected chi connectivity index (χ0v) is 14.5. The van der Waals surface area contributed by atoms with Gasteiger partial charge in [0.25, 0.3) is 5.89 Å². The second-order valence-corrected chi connectivity index (χ2v) is 7.11. The maximum Gasteiger partial charge on any atom is 0.255 e. The summed E-state index contributed by atoms with van der Waals surface area (Å²) in [5.41, 5.74) is 1.22. The number of nitrogens with zero attached hydrogens (tertiary/aromatic N) is 2. The van der Waals surface area contributed by atoms with Crippen LogP contribution in [0.5, 0.6) is 0 Å². The molecule has 134 valence electrons. The Morgan fingerprint density at radius 1 is 1.16 bits per heavy atom. The quantitative estimate of drug-likeness (QED) is 0.896. The highest BCUT2D eigenvalue weighted by Crippen LogP contribution is 2.36. The summed E-state index contributed by atoms with van der Waals surface area (Å²) >= 11 is 0.